The molecule has 25 heavy (non-hydrogen) atoms. The van der Waals surface area contributed by atoms with Gasteiger partial charge in [0.25, 0.3) is 0 Å². The number of hydrogen-bond acceptors (Lipinski definition) is 4. The van der Waals surface area contributed by atoms with E-state index in [1.165, 1.54) is 0 Å². The highest BCUT2D eigenvalue weighted by Crippen LogP contribution is 2.42. The van der Waals surface area contributed by atoms with Crippen LogP contribution in [0.25, 0.3) is 0 Å². The molecule has 0 aliphatic rings. The van der Waals surface area contributed by atoms with E-state index < -0.39 is 14.3 Å². The summed E-state index contributed by atoms with van der Waals surface area (Å²) in [6.07, 6.45) is 1.74. The minimum atomic E-state index is -1.91. The van der Waals surface area contributed by atoms with Crippen LogP contribution >= 0.6 is 15.9 Å². The molecule has 1 atom stereocenters. The van der Waals surface area contributed by atoms with E-state index in [0.29, 0.717) is 40.3 Å². The average Bonchev–Trinajstić information content (AvgIpc) is 2.89. The zero-order valence-corrected chi connectivity index (χ0v) is 19.4. The van der Waals surface area contributed by atoms with Crippen molar-refractivity contribution in [2.45, 2.75) is 78.1 Å². The molecular formula is C18H33BrN2O3Si. The van der Waals surface area contributed by atoms with Crippen LogP contribution < -0.4 is 0 Å². The molecule has 0 aromatic carbocycles. The van der Waals surface area contributed by atoms with E-state index in [2.05, 4.69) is 69.4 Å². The number of rotatable bonds is 9. The smallest absolute Gasteiger partial charge is 0.358 e. The summed E-state index contributed by atoms with van der Waals surface area (Å²) in [7, 11) is -1.91. The van der Waals surface area contributed by atoms with Crippen molar-refractivity contribution in [1.82, 2.24) is 9.55 Å². The Morgan fingerprint density at radius 1 is 1.16 bits per heavy atom. The first kappa shape index (κ1) is 22.4. The first-order valence-electron chi connectivity index (χ1n) is 9.13. The van der Waals surface area contributed by atoms with Gasteiger partial charge in [0.1, 0.15) is 0 Å². The Bertz CT molecular complexity index is 551. The average molecular weight is 433 g/mol. The van der Waals surface area contributed by atoms with Crippen molar-refractivity contribution < 1.29 is 14.0 Å². The van der Waals surface area contributed by atoms with Gasteiger partial charge in [-0.3, -0.25) is 0 Å². The molecule has 0 spiro atoms. The normalized spacial score (nSPS) is 13.8. The van der Waals surface area contributed by atoms with E-state index >= 15 is 0 Å². The zero-order valence-electron chi connectivity index (χ0n) is 16.8. The quantitative estimate of drug-likeness (QED) is 0.377. The second kappa shape index (κ2) is 9.32. The number of esters is 1. The van der Waals surface area contributed by atoms with Crippen molar-refractivity contribution >= 4 is 30.2 Å². The summed E-state index contributed by atoms with van der Waals surface area (Å²) in [6.45, 7) is 18.5. The molecule has 1 heterocycles. The standard InChI is InChI=1S/C18H33BrN2O3Si/c1-9-23-17(22)16-10-21(18(19)20-16)15(8)11-24-25(12(2)3,13(4)5)14(6)7/h10,12-15H,9,11H2,1-8H3/t15-/m0/s1. The predicted octanol–water partition coefficient (Wildman–Crippen LogP) is 5.58. The van der Waals surface area contributed by atoms with Crippen LogP contribution in [0.2, 0.25) is 16.6 Å². The molecule has 144 valence electrons. The third-order valence-electron chi connectivity index (χ3n) is 4.93. The molecule has 7 heteroatoms. The summed E-state index contributed by atoms with van der Waals surface area (Å²) < 4.78 is 14.2. The van der Waals surface area contributed by atoms with Gasteiger partial charge in [-0.1, -0.05) is 41.5 Å². The predicted molar refractivity (Wildman–Crippen MR) is 108 cm³/mol. The SMILES string of the molecule is CCOC(=O)c1cn([C@@H](C)CO[Si](C(C)C)(C(C)C)C(C)C)c(Br)n1. The Kier molecular flexibility index (Phi) is 8.35. The van der Waals surface area contributed by atoms with Crippen LogP contribution in [0.4, 0.5) is 0 Å². The molecular weight excluding hydrogens is 400 g/mol. The van der Waals surface area contributed by atoms with E-state index in [9.17, 15) is 4.79 Å². The van der Waals surface area contributed by atoms with E-state index in [4.69, 9.17) is 9.16 Å². The van der Waals surface area contributed by atoms with Crippen molar-refractivity contribution in [1.29, 1.82) is 0 Å². The maximum atomic E-state index is 11.9. The van der Waals surface area contributed by atoms with Crippen molar-refractivity contribution in [3.63, 3.8) is 0 Å². The van der Waals surface area contributed by atoms with Crippen LogP contribution in [-0.4, -0.2) is 37.1 Å². The summed E-state index contributed by atoms with van der Waals surface area (Å²) in [4.78, 5) is 16.1. The number of hydrogen-bond donors (Lipinski definition) is 0. The van der Waals surface area contributed by atoms with Gasteiger partial charge in [0.2, 0.25) is 0 Å². The molecule has 0 fully saturated rings. The molecule has 1 rings (SSSR count). The first-order valence-corrected chi connectivity index (χ1v) is 12.1. The molecule has 1 aromatic rings. The lowest BCUT2D eigenvalue weighted by molar-refractivity contribution is 0.0519. The molecule has 0 amide bonds. The Labute approximate surface area is 161 Å². The van der Waals surface area contributed by atoms with Crippen LogP contribution in [0.5, 0.6) is 0 Å². The summed E-state index contributed by atoms with van der Waals surface area (Å²) in [5.74, 6) is -0.398. The fourth-order valence-corrected chi connectivity index (χ4v) is 10.0. The fraction of sp³-hybridized carbons (Fsp3) is 0.778. The van der Waals surface area contributed by atoms with Crippen molar-refractivity contribution in [2.75, 3.05) is 13.2 Å². The Morgan fingerprint density at radius 3 is 2.12 bits per heavy atom. The van der Waals surface area contributed by atoms with Crippen molar-refractivity contribution in [3.8, 4) is 0 Å². The topological polar surface area (TPSA) is 53.4 Å². The molecule has 0 N–H and O–H groups in total. The highest BCUT2D eigenvalue weighted by molar-refractivity contribution is 9.10. The summed E-state index contributed by atoms with van der Waals surface area (Å²) in [5.41, 5.74) is 1.95. The zero-order chi connectivity index (χ0) is 19.4. The van der Waals surface area contributed by atoms with E-state index in [-0.39, 0.29) is 6.04 Å². The lowest BCUT2D eigenvalue weighted by Gasteiger charge is -2.42. The van der Waals surface area contributed by atoms with E-state index in [1.54, 1.807) is 13.1 Å². The van der Waals surface area contributed by atoms with Crippen LogP contribution in [0.15, 0.2) is 10.9 Å². The maximum absolute atomic E-state index is 11.9. The summed E-state index contributed by atoms with van der Waals surface area (Å²) in [6, 6.07) is 0.0770. The minimum absolute atomic E-state index is 0.0770. The Morgan fingerprint density at radius 2 is 1.68 bits per heavy atom. The monoisotopic (exact) mass is 432 g/mol. The molecule has 0 bridgehead atoms. The van der Waals surface area contributed by atoms with Gasteiger partial charge >= 0.3 is 5.97 Å². The minimum Gasteiger partial charge on any atom is -0.461 e. The molecule has 0 saturated heterocycles. The number of ether oxygens (including phenoxy) is 1. The molecule has 0 aliphatic carbocycles. The highest BCUT2D eigenvalue weighted by atomic mass is 79.9. The largest absolute Gasteiger partial charge is 0.461 e. The van der Waals surface area contributed by atoms with Gasteiger partial charge in [-0.15, -0.1) is 0 Å². The third kappa shape index (κ3) is 4.95. The molecule has 0 unspecified atom stereocenters. The van der Waals surface area contributed by atoms with Gasteiger partial charge in [-0.05, 0) is 46.4 Å². The van der Waals surface area contributed by atoms with E-state index in [0.717, 1.165) is 0 Å². The molecule has 0 aliphatic heterocycles. The van der Waals surface area contributed by atoms with E-state index in [1.807, 2.05) is 4.57 Å². The van der Waals surface area contributed by atoms with Gasteiger partial charge in [-0.2, -0.15) is 0 Å². The lowest BCUT2D eigenvalue weighted by Crippen LogP contribution is -2.48. The number of aromatic nitrogens is 2. The Hall–Kier alpha value is -0.663. The number of carbonyl (C=O) groups is 1. The lowest BCUT2D eigenvalue weighted by atomic mass is 10.3. The van der Waals surface area contributed by atoms with Gasteiger partial charge in [-0.25, -0.2) is 9.78 Å². The summed E-state index contributed by atoms with van der Waals surface area (Å²) in [5, 5.41) is 0. The van der Waals surface area contributed by atoms with Gasteiger partial charge in [0.05, 0.1) is 19.3 Å². The molecule has 0 saturated carbocycles. The third-order valence-corrected chi connectivity index (χ3v) is 11.6. The van der Waals surface area contributed by atoms with Crippen molar-refractivity contribution in [2.24, 2.45) is 0 Å². The number of carbonyl (C=O) groups excluding carboxylic acids is 1. The van der Waals surface area contributed by atoms with Gasteiger partial charge < -0.3 is 13.7 Å². The maximum Gasteiger partial charge on any atom is 0.358 e. The fourth-order valence-electron chi connectivity index (χ4n) is 3.83. The van der Waals surface area contributed by atoms with Crippen LogP contribution in [0.3, 0.4) is 0 Å². The number of nitrogens with zero attached hydrogens (tertiary/aromatic N) is 2. The van der Waals surface area contributed by atoms with Crippen LogP contribution in [-0.2, 0) is 9.16 Å². The van der Waals surface area contributed by atoms with Crippen LogP contribution in [0.1, 0.15) is 71.9 Å². The van der Waals surface area contributed by atoms with Gasteiger partial charge in [0.15, 0.2) is 18.7 Å². The van der Waals surface area contributed by atoms with Crippen molar-refractivity contribution in [3.05, 3.63) is 16.6 Å². The molecule has 5 nitrogen and oxygen atoms in total. The Balaban J connectivity index is 2.95. The summed E-state index contributed by atoms with van der Waals surface area (Å²) >= 11 is 3.44. The number of halogens is 1. The van der Waals surface area contributed by atoms with Crippen LogP contribution in [0, 0.1) is 0 Å². The second-order valence-corrected chi connectivity index (χ2v) is 13.7. The molecule has 1 aromatic heterocycles. The first-order chi connectivity index (χ1) is 11.6. The second-order valence-electron chi connectivity index (χ2n) is 7.50. The number of imidazole rings is 1. The molecule has 0 radical (unpaired) electrons. The van der Waals surface area contributed by atoms with Gasteiger partial charge in [0, 0.05) is 6.20 Å². The highest BCUT2D eigenvalue weighted by Gasteiger charge is 2.45.